The number of nitrogens with zero attached hydrogens (tertiary/aromatic N) is 4. The molecule has 2 aliphatic carbocycles. The van der Waals surface area contributed by atoms with Crippen LogP contribution in [0.3, 0.4) is 0 Å². The summed E-state index contributed by atoms with van der Waals surface area (Å²) in [6.07, 6.45) is 8.32. The van der Waals surface area contributed by atoms with Crippen molar-refractivity contribution in [3.63, 3.8) is 0 Å². The summed E-state index contributed by atoms with van der Waals surface area (Å²) in [6, 6.07) is -0.180. The fraction of sp³-hybridized carbons (Fsp3) is 0.750. The van der Waals surface area contributed by atoms with Gasteiger partial charge in [-0.15, -0.1) is 0 Å². The Balaban J connectivity index is 1.39. The predicted molar refractivity (Wildman–Crippen MR) is 112 cm³/mol. The van der Waals surface area contributed by atoms with Gasteiger partial charge in [-0.3, -0.25) is 9.69 Å². The van der Waals surface area contributed by atoms with Crippen molar-refractivity contribution in [2.45, 2.75) is 75.0 Å². The number of sulfonamides is 1. The molecule has 0 radical (unpaired) electrons. The second-order valence-corrected chi connectivity index (χ2v) is 11.5. The largest absolute Gasteiger partial charge is 0.388 e. The molecule has 2 atom stereocenters. The SMILES string of the molecule is C[C@@]1(O)CCC[C@H]1N1C(=O)C2(CC2)c2cnc(NC3CCN(S(C)(=O)=O)CC3)nc21. The molecular weight excluding hydrogens is 406 g/mol. The minimum atomic E-state index is -3.16. The summed E-state index contributed by atoms with van der Waals surface area (Å²) in [6.45, 7) is 2.76. The van der Waals surface area contributed by atoms with Crippen molar-refractivity contribution in [1.29, 1.82) is 0 Å². The van der Waals surface area contributed by atoms with Crippen LogP contribution in [0, 0.1) is 0 Å². The maximum Gasteiger partial charge on any atom is 0.239 e. The molecule has 164 valence electrons. The molecule has 1 amide bonds. The smallest absolute Gasteiger partial charge is 0.239 e. The number of rotatable bonds is 4. The van der Waals surface area contributed by atoms with E-state index in [9.17, 15) is 18.3 Å². The fourth-order valence-electron chi connectivity index (χ4n) is 5.36. The average molecular weight is 436 g/mol. The van der Waals surface area contributed by atoms with Crippen molar-refractivity contribution in [3.05, 3.63) is 11.8 Å². The van der Waals surface area contributed by atoms with Crippen molar-refractivity contribution in [2.24, 2.45) is 0 Å². The van der Waals surface area contributed by atoms with Gasteiger partial charge in [0, 0.05) is 30.9 Å². The summed E-state index contributed by atoms with van der Waals surface area (Å²) < 4.78 is 24.9. The van der Waals surface area contributed by atoms with Crippen LogP contribution in [0.1, 0.15) is 57.4 Å². The van der Waals surface area contributed by atoms with Crippen molar-refractivity contribution in [3.8, 4) is 0 Å². The third-order valence-corrected chi connectivity index (χ3v) is 8.64. The zero-order valence-corrected chi connectivity index (χ0v) is 18.3. The Morgan fingerprint density at radius 3 is 2.47 bits per heavy atom. The molecule has 0 bridgehead atoms. The number of hydrogen-bond donors (Lipinski definition) is 2. The van der Waals surface area contributed by atoms with Crippen molar-refractivity contribution < 1.29 is 18.3 Å². The van der Waals surface area contributed by atoms with Crippen molar-refractivity contribution in [2.75, 3.05) is 29.6 Å². The van der Waals surface area contributed by atoms with E-state index in [-0.39, 0.29) is 18.0 Å². The Morgan fingerprint density at radius 1 is 1.20 bits per heavy atom. The maximum absolute atomic E-state index is 13.3. The van der Waals surface area contributed by atoms with Crippen LogP contribution in [0.15, 0.2) is 6.20 Å². The Bertz CT molecular complexity index is 983. The first kappa shape index (κ1) is 20.1. The van der Waals surface area contributed by atoms with Gasteiger partial charge in [0.05, 0.1) is 23.3 Å². The highest BCUT2D eigenvalue weighted by atomic mass is 32.2. The Labute approximate surface area is 176 Å². The number of piperidine rings is 1. The van der Waals surface area contributed by atoms with Crippen LogP contribution in [0.25, 0.3) is 0 Å². The Morgan fingerprint density at radius 2 is 1.90 bits per heavy atom. The molecule has 5 rings (SSSR count). The van der Waals surface area contributed by atoms with Gasteiger partial charge in [0.1, 0.15) is 5.82 Å². The molecule has 9 nitrogen and oxygen atoms in total. The first-order valence-corrected chi connectivity index (χ1v) is 12.6. The third-order valence-electron chi connectivity index (χ3n) is 7.34. The number of aromatic nitrogens is 2. The van der Waals surface area contributed by atoms with Gasteiger partial charge in [-0.2, -0.15) is 4.98 Å². The normalized spacial score (nSPS) is 31.4. The zero-order valence-electron chi connectivity index (χ0n) is 17.5. The molecule has 10 heteroatoms. The standard InChI is InChI=1S/C20H29N5O4S/c1-19(27)7-3-4-15(19)25-16-14(20(8-9-20)17(25)26)12-21-18(23-16)22-13-5-10-24(11-6-13)30(2,28)29/h12-13,15,27H,3-11H2,1-2H3,(H,21,22,23)/t15-,19-/m1/s1. The lowest BCUT2D eigenvalue weighted by molar-refractivity contribution is -0.121. The topological polar surface area (TPSA) is 116 Å². The van der Waals surface area contributed by atoms with Gasteiger partial charge in [-0.25, -0.2) is 17.7 Å². The highest BCUT2D eigenvalue weighted by Gasteiger charge is 2.63. The van der Waals surface area contributed by atoms with E-state index >= 15 is 0 Å². The van der Waals surface area contributed by atoms with Gasteiger partial charge in [0.2, 0.25) is 21.9 Å². The molecule has 4 aliphatic rings. The molecule has 3 heterocycles. The van der Waals surface area contributed by atoms with Crippen LogP contribution in [0.4, 0.5) is 11.8 Å². The van der Waals surface area contributed by atoms with Gasteiger partial charge < -0.3 is 10.4 Å². The number of fused-ring (bicyclic) bond motifs is 2. The number of anilines is 2. The van der Waals surface area contributed by atoms with E-state index in [1.807, 2.05) is 6.92 Å². The van der Waals surface area contributed by atoms with Crippen molar-refractivity contribution in [1.82, 2.24) is 14.3 Å². The first-order valence-electron chi connectivity index (χ1n) is 10.8. The molecule has 0 aromatic carbocycles. The summed E-state index contributed by atoms with van der Waals surface area (Å²) in [5.74, 6) is 1.15. The average Bonchev–Trinajstić information content (AvgIpc) is 3.36. The molecule has 1 spiro atoms. The lowest BCUT2D eigenvalue weighted by atomic mass is 9.98. The van der Waals surface area contributed by atoms with Crippen LogP contribution in [-0.2, 0) is 20.2 Å². The highest BCUT2D eigenvalue weighted by Crippen LogP contribution is 2.58. The highest BCUT2D eigenvalue weighted by molar-refractivity contribution is 7.88. The van der Waals surface area contributed by atoms with E-state index in [1.165, 1.54) is 10.6 Å². The van der Waals surface area contributed by atoms with E-state index in [0.717, 1.165) is 31.2 Å². The van der Waals surface area contributed by atoms with E-state index in [1.54, 1.807) is 11.1 Å². The van der Waals surface area contributed by atoms with E-state index in [2.05, 4.69) is 10.3 Å². The molecule has 0 unspecified atom stereocenters. The van der Waals surface area contributed by atoms with Crippen LogP contribution in [0.2, 0.25) is 0 Å². The summed E-state index contributed by atoms with van der Waals surface area (Å²) in [5.41, 5.74) is -0.523. The van der Waals surface area contributed by atoms with Crippen LogP contribution >= 0.6 is 0 Å². The van der Waals surface area contributed by atoms with E-state index in [4.69, 9.17) is 4.98 Å². The number of carbonyl (C=O) groups is 1. The lowest BCUT2D eigenvalue weighted by Crippen LogP contribution is -2.50. The van der Waals surface area contributed by atoms with Gasteiger partial charge >= 0.3 is 0 Å². The number of carbonyl (C=O) groups excluding carboxylic acids is 1. The predicted octanol–water partition coefficient (Wildman–Crippen LogP) is 0.994. The molecule has 3 fully saturated rings. The number of amides is 1. The van der Waals surface area contributed by atoms with E-state index < -0.39 is 21.0 Å². The number of nitrogens with one attached hydrogen (secondary N) is 1. The molecule has 1 aromatic heterocycles. The molecular formula is C20H29N5O4S. The number of hydrogen-bond acceptors (Lipinski definition) is 7. The van der Waals surface area contributed by atoms with E-state index in [0.29, 0.717) is 44.1 Å². The molecule has 1 aromatic rings. The quantitative estimate of drug-likeness (QED) is 0.725. The third kappa shape index (κ3) is 3.11. The Kier molecular flexibility index (Phi) is 4.44. The number of aliphatic hydroxyl groups is 1. The maximum atomic E-state index is 13.3. The van der Waals surface area contributed by atoms with Crippen LogP contribution in [-0.4, -0.2) is 70.7 Å². The zero-order chi connectivity index (χ0) is 21.3. The minimum absolute atomic E-state index is 0.0533. The van der Waals surface area contributed by atoms with Crippen LogP contribution in [0.5, 0.6) is 0 Å². The molecule has 2 N–H and O–H groups in total. The van der Waals surface area contributed by atoms with Gasteiger partial charge in [-0.05, 0) is 51.9 Å². The summed E-state index contributed by atoms with van der Waals surface area (Å²) >= 11 is 0. The van der Waals surface area contributed by atoms with Crippen molar-refractivity contribution >= 4 is 27.7 Å². The second kappa shape index (κ2) is 6.61. The lowest BCUT2D eigenvalue weighted by Gasteiger charge is -2.34. The van der Waals surface area contributed by atoms with Gasteiger partial charge in [0.25, 0.3) is 0 Å². The first-order chi connectivity index (χ1) is 14.1. The minimum Gasteiger partial charge on any atom is -0.388 e. The van der Waals surface area contributed by atoms with Crippen LogP contribution < -0.4 is 10.2 Å². The molecule has 2 aliphatic heterocycles. The fourth-order valence-corrected chi connectivity index (χ4v) is 6.23. The summed E-state index contributed by atoms with van der Waals surface area (Å²) in [5, 5.41) is 14.2. The molecule has 30 heavy (non-hydrogen) atoms. The summed E-state index contributed by atoms with van der Waals surface area (Å²) in [7, 11) is -3.16. The monoisotopic (exact) mass is 435 g/mol. The molecule has 2 saturated carbocycles. The summed E-state index contributed by atoms with van der Waals surface area (Å²) in [4.78, 5) is 24.3. The van der Waals surface area contributed by atoms with Gasteiger partial charge in [0.15, 0.2) is 0 Å². The molecule has 1 saturated heterocycles. The Hall–Kier alpha value is -1.78. The second-order valence-electron chi connectivity index (χ2n) is 9.53. The van der Waals surface area contributed by atoms with Gasteiger partial charge in [-0.1, -0.05) is 0 Å².